The molecule has 0 aromatic carbocycles. The number of hydrogen-bond donors (Lipinski definition) is 0. The molecular weight excluding hydrogens is 232 g/mol. The maximum absolute atomic E-state index is 3.22. The minimum absolute atomic E-state index is 0.893. The Morgan fingerprint density at radius 2 is 2.00 bits per heavy atom. The first kappa shape index (κ1) is 8.48. The van der Waals surface area contributed by atoms with Crippen LogP contribution in [0.3, 0.4) is 0 Å². The van der Waals surface area contributed by atoms with Crippen molar-refractivity contribution >= 4 is 31.9 Å². The van der Waals surface area contributed by atoms with Gasteiger partial charge in [-0.1, -0.05) is 12.7 Å². The molecule has 0 amide bonds. The molecule has 0 aromatic rings. The molecule has 0 bridgehead atoms. The molecule has 0 saturated carbocycles. The van der Waals surface area contributed by atoms with Crippen molar-refractivity contribution in [1.82, 2.24) is 0 Å². The highest BCUT2D eigenvalue weighted by molar-refractivity contribution is 9.28. The average molecular weight is 240 g/mol. The molecule has 0 rings (SSSR count). The Kier molecular flexibility index (Phi) is 4.63. The normalized spacial score (nSPS) is 8.00. The summed E-state index contributed by atoms with van der Waals surface area (Å²) in [4.78, 5) is 0. The van der Waals surface area contributed by atoms with Gasteiger partial charge in [0.2, 0.25) is 0 Å². The molecule has 2 heteroatoms. The van der Waals surface area contributed by atoms with E-state index in [4.69, 9.17) is 0 Å². The molecule has 8 heavy (non-hydrogen) atoms. The molecule has 0 aliphatic heterocycles. The van der Waals surface area contributed by atoms with E-state index < -0.39 is 0 Å². The Bertz CT molecular complexity index is 125. The Hall–Kier alpha value is 0.480. The lowest BCUT2D eigenvalue weighted by atomic mass is 10.3. The van der Waals surface area contributed by atoms with Crippen LogP contribution >= 0.6 is 31.9 Å². The second-order valence-electron chi connectivity index (χ2n) is 1.52. The molecule has 0 aliphatic carbocycles. The van der Waals surface area contributed by atoms with Gasteiger partial charge in [-0.05, 0) is 50.8 Å². The summed E-state index contributed by atoms with van der Waals surface area (Å²) in [5, 5.41) is 0. The van der Waals surface area contributed by atoms with Crippen LogP contribution in [0, 0.1) is 0 Å². The van der Waals surface area contributed by atoms with Crippen molar-refractivity contribution in [2.45, 2.75) is 20.3 Å². The third-order valence-electron chi connectivity index (χ3n) is 0.838. The largest absolute Gasteiger partial charge is 0.102 e. The molecular formula is C6H8Br2. The van der Waals surface area contributed by atoms with Crippen LogP contribution in [0.25, 0.3) is 0 Å². The topological polar surface area (TPSA) is 0 Å². The molecule has 0 radical (unpaired) electrons. The van der Waals surface area contributed by atoms with Crippen LogP contribution in [0.15, 0.2) is 14.7 Å². The van der Waals surface area contributed by atoms with Gasteiger partial charge in [-0.25, -0.2) is 0 Å². The maximum atomic E-state index is 3.22. The van der Waals surface area contributed by atoms with E-state index in [0.29, 0.717) is 0 Å². The summed E-state index contributed by atoms with van der Waals surface area (Å²) >= 11 is 6.43. The summed E-state index contributed by atoms with van der Waals surface area (Å²) < 4.78 is 0.893. The van der Waals surface area contributed by atoms with Gasteiger partial charge in [-0.2, -0.15) is 0 Å². The molecule has 0 nitrogen and oxygen atoms in total. The molecule has 0 spiro atoms. The van der Waals surface area contributed by atoms with Gasteiger partial charge >= 0.3 is 0 Å². The first-order chi connectivity index (χ1) is 3.66. The van der Waals surface area contributed by atoms with Crippen LogP contribution in [0.2, 0.25) is 0 Å². The van der Waals surface area contributed by atoms with Gasteiger partial charge in [-0.15, -0.1) is 0 Å². The third kappa shape index (κ3) is 4.63. The van der Waals surface area contributed by atoms with Crippen molar-refractivity contribution in [3.05, 3.63) is 14.7 Å². The van der Waals surface area contributed by atoms with Crippen molar-refractivity contribution in [1.29, 1.82) is 0 Å². The Labute approximate surface area is 66.9 Å². The van der Waals surface area contributed by atoms with Crippen LogP contribution < -0.4 is 0 Å². The highest BCUT2D eigenvalue weighted by Gasteiger charge is 1.79. The molecule has 0 N–H and O–H groups in total. The van der Waals surface area contributed by atoms with E-state index in [1.165, 1.54) is 5.57 Å². The van der Waals surface area contributed by atoms with Crippen LogP contribution in [-0.4, -0.2) is 0 Å². The van der Waals surface area contributed by atoms with Gasteiger partial charge in [0.25, 0.3) is 0 Å². The molecule has 0 aliphatic rings. The van der Waals surface area contributed by atoms with Gasteiger partial charge in [0, 0.05) is 0 Å². The summed E-state index contributed by atoms with van der Waals surface area (Å²) in [6.45, 7) is 4.15. The Morgan fingerprint density at radius 3 is 2.12 bits per heavy atom. The van der Waals surface area contributed by atoms with Crippen molar-refractivity contribution in [2.75, 3.05) is 0 Å². The summed E-state index contributed by atoms with van der Waals surface area (Å²) in [5.74, 6) is 0. The van der Waals surface area contributed by atoms with Crippen LogP contribution in [-0.2, 0) is 0 Å². The highest BCUT2D eigenvalue weighted by atomic mass is 79.9. The summed E-state index contributed by atoms with van der Waals surface area (Å²) in [6, 6.07) is 0. The zero-order chi connectivity index (χ0) is 6.57. The predicted molar refractivity (Wildman–Crippen MR) is 44.4 cm³/mol. The lowest BCUT2D eigenvalue weighted by Gasteiger charge is -1.83. The smallest absolute Gasteiger partial charge is 0.0990 e. The van der Waals surface area contributed by atoms with E-state index in [2.05, 4.69) is 44.5 Å². The summed E-state index contributed by atoms with van der Waals surface area (Å²) in [6.07, 6.45) is 1.06. The summed E-state index contributed by atoms with van der Waals surface area (Å²) in [7, 11) is 0. The first-order valence-corrected chi connectivity index (χ1v) is 4.02. The fraction of sp³-hybridized carbons (Fsp3) is 0.500. The van der Waals surface area contributed by atoms with Gasteiger partial charge < -0.3 is 0 Å². The number of hydrogen-bond acceptors (Lipinski definition) is 0. The monoisotopic (exact) mass is 238 g/mol. The third-order valence-corrected chi connectivity index (χ3v) is 1.23. The minimum Gasteiger partial charge on any atom is -0.0990 e. The Morgan fingerprint density at radius 1 is 1.50 bits per heavy atom. The van der Waals surface area contributed by atoms with Crippen LogP contribution in [0.5, 0.6) is 0 Å². The quantitative estimate of drug-likeness (QED) is 0.614. The number of halogens is 2. The lowest BCUT2D eigenvalue weighted by molar-refractivity contribution is 1.11. The standard InChI is InChI=1S/C6H8Br2/c1-3-5(2)4-6(7)8/h3H2,1-2H3. The fourth-order valence-electron chi connectivity index (χ4n) is 0.250. The van der Waals surface area contributed by atoms with Crippen LogP contribution in [0.4, 0.5) is 0 Å². The molecule has 0 heterocycles. The zero-order valence-electron chi connectivity index (χ0n) is 4.96. The number of rotatable bonds is 1. The Balaban J connectivity index is 4.13. The SMILES string of the molecule is CCC(C)=C=C(Br)Br. The van der Waals surface area contributed by atoms with Gasteiger partial charge in [0.05, 0.1) is 0 Å². The van der Waals surface area contributed by atoms with E-state index in [-0.39, 0.29) is 0 Å². The minimum atomic E-state index is 0.893. The summed E-state index contributed by atoms with van der Waals surface area (Å²) in [5.41, 5.74) is 4.30. The van der Waals surface area contributed by atoms with E-state index in [1.54, 1.807) is 0 Å². The van der Waals surface area contributed by atoms with E-state index >= 15 is 0 Å². The molecule has 0 unspecified atom stereocenters. The first-order valence-electron chi connectivity index (χ1n) is 2.44. The van der Waals surface area contributed by atoms with Crippen LogP contribution in [0.1, 0.15) is 20.3 Å². The highest BCUT2D eigenvalue weighted by Crippen LogP contribution is 2.12. The molecule has 46 valence electrons. The molecule has 0 saturated heterocycles. The lowest BCUT2D eigenvalue weighted by Crippen LogP contribution is -1.63. The molecule has 0 atom stereocenters. The van der Waals surface area contributed by atoms with E-state index in [9.17, 15) is 0 Å². The van der Waals surface area contributed by atoms with Gasteiger partial charge in [-0.3, -0.25) is 0 Å². The maximum Gasteiger partial charge on any atom is 0.102 e. The van der Waals surface area contributed by atoms with E-state index in [1.807, 2.05) is 6.92 Å². The predicted octanol–water partition coefficient (Wildman–Crippen LogP) is 3.57. The number of allylic oxidation sites excluding steroid dienone is 1. The van der Waals surface area contributed by atoms with Crippen molar-refractivity contribution in [3.63, 3.8) is 0 Å². The second kappa shape index (κ2) is 4.37. The van der Waals surface area contributed by atoms with Gasteiger partial charge in [0.1, 0.15) is 3.39 Å². The van der Waals surface area contributed by atoms with Crippen molar-refractivity contribution < 1.29 is 0 Å². The second-order valence-corrected chi connectivity index (χ2v) is 4.17. The van der Waals surface area contributed by atoms with E-state index in [0.717, 1.165) is 9.81 Å². The van der Waals surface area contributed by atoms with Crippen molar-refractivity contribution in [3.8, 4) is 0 Å². The molecule has 0 aromatic heterocycles. The molecule has 0 fully saturated rings. The van der Waals surface area contributed by atoms with Crippen molar-refractivity contribution in [2.24, 2.45) is 0 Å². The fourth-order valence-corrected chi connectivity index (χ4v) is 0.927. The average Bonchev–Trinajstić information content (AvgIpc) is 1.65. The zero-order valence-corrected chi connectivity index (χ0v) is 8.14. The van der Waals surface area contributed by atoms with Gasteiger partial charge in [0.15, 0.2) is 0 Å².